The van der Waals surface area contributed by atoms with Crippen molar-refractivity contribution in [3.63, 3.8) is 0 Å². The van der Waals surface area contributed by atoms with Gasteiger partial charge < -0.3 is 15.2 Å². The number of rotatable bonds is 6. The van der Waals surface area contributed by atoms with Gasteiger partial charge in [-0.05, 0) is 57.4 Å². The largest absolute Gasteiger partial charge is 0.494 e. The molecule has 134 valence electrons. The predicted molar refractivity (Wildman–Crippen MR) is 94.6 cm³/mol. The van der Waals surface area contributed by atoms with Crippen molar-refractivity contribution in [2.45, 2.75) is 58.4 Å². The van der Waals surface area contributed by atoms with Crippen molar-refractivity contribution in [3.05, 3.63) is 29.8 Å². The first-order valence-electron chi connectivity index (χ1n) is 8.65. The number of Topliss-reactive ketones (excluding diaryl/α,β-unsaturated/α-hetero) is 1. The van der Waals surface area contributed by atoms with Crippen LogP contribution >= 0.6 is 0 Å². The summed E-state index contributed by atoms with van der Waals surface area (Å²) in [5, 5.41) is 12.0. The molecule has 0 unspecified atom stereocenters. The van der Waals surface area contributed by atoms with Gasteiger partial charge in [-0.15, -0.1) is 0 Å². The molecule has 24 heavy (non-hydrogen) atoms. The van der Waals surface area contributed by atoms with Crippen LogP contribution in [0, 0.1) is 0 Å². The second kappa shape index (κ2) is 10.8. The molecule has 1 aromatic carbocycles. The first kappa shape index (κ1) is 20.2. The minimum Gasteiger partial charge on any atom is -0.494 e. The Morgan fingerprint density at radius 3 is 2.38 bits per heavy atom. The normalized spacial score (nSPS) is 18.0. The van der Waals surface area contributed by atoms with Gasteiger partial charge in [-0.25, -0.2) is 0 Å². The fraction of sp³-hybridized carbons (Fsp3) is 0.579. The van der Waals surface area contributed by atoms with Crippen LogP contribution in [-0.4, -0.2) is 36.1 Å². The van der Waals surface area contributed by atoms with Crippen LogP contribution in [0.2, 0.25) is 0 Å². The van der Waals surface area contributed by atoms with Crippen LogP contribution in [0.1, 0.15) is 57.9 Å². The van der Waals surface area contributed by atoms with Gasteiger partial charge in [-0.2, -0.15) is 0 Å². The Morgan fingerprint density at radius 2 is 1.96 bits per heavy atom. The number of piperidine rings is 1. The number of carboxylic acid groups (broad SMARTS) is 1. The molecule has 1 aliphatic rings. The summed E-state index contributed by atoms with van der Waals surface area (Å²) in [6.45, 7) is 7.08. The van der Waals surface area contributed by atoms with Gasteiger partial charge in [0.15, 0.2) is 0 Å². The number of ether oxygens (including phenoxy) is 1. The van der Waals surface area contributed by atoms with Crippen LogP contribution in [0.15, 0.2) is 24.3 Å². The first-order chi connectivity index (χ1) is 11.5. The lowest BCUT2D eigenvalue weighted by atomic mass is 10.0. The molecular formula is C19H29NO4. The van der Waals surface area contributed by atoms with E-state index in [4.69, 9.17) is 9.84 Å². The number of aliphatic carboxylic acids is 1. The minimum absolute atomic E-state index is 0.166. The molecule has 2 atom stereocenters. The van der Waals surface area contributed by atoms with E-state index >= 15 is 0 Å². The van der Waals surface area contributed by atoms with E-state index in [1.165, 1.54) is 12.8 Å². The molecule has 5 heteroatoms. The lowest BCUT2D eigenvalue weighted by Gasteiger charge is -2.20. The Hall–Kier alpha value is -1.88. The third-order valence-electron chi connectivity index (χ3n) is 4.02. The first-order valence-corrected chi connectivity index (χ1v) is 8.65. The summed E-state index contributed by atoms with van der Waals surface area (Å²) in [6, 6.07) is 7.38. The standard InChI is InChI=1S/C12H16O3.C7H13NO/c1-3-8-15-11-6-4-10(5-7-11)9(2)12(13)14;1-6(9)7-4-2-3-5-8-7/h4-7,9H,3,8H2,1-2H3,(H,13,14);7-8H,2-5H2,1H3/t9-;7-/m00/s1. The maximum absolute atomic E-state index is 10.7. The lowest BCUT2D eigenvalue weighted by Crippen LogP contribution is -2.38. The zero-order valence-electron chi connectivity index (χ0n) is 14.9. The zero-order chi connectivity index (χ0) is 17.9. The number of hydrogen-bond acceptors (Lipinski definition) is 4. The Morgan fingerprint density at radius 1 is 1.29 bits per heavy atom. The van der Waals surface area contributed by atoms with Crippen LogP contribution in [0.4, 0.5) is 0 Å². The highest BCUT2D eigenvalue weighted by atomic mass is 16.5. The van der Waals surface area contributed by atoms with Crippen molar-refractivity contribution in [1.29, 1.82) is 0 Å². The van der Waals surface area contributed by atoms with Crippen LogP contribution in [0.5, 0.6) is 5.75 Å². The molecule has 0 aromatic heterocycles. The molecule has 1 fully saturated rings. The van der Waals surface area contributed by atoms with Crippen LogP contribution in [0.3, 0.4) is 0 Å². The molecule has 0 spiro atoms. The van der Waals surface area contributed by atoms with Gasteiger partial charge >= 0.3 is 5.97 Å². The SMILES string of the molecule is CC(=O)[C@@H]1CCCCN1.CCCOc1ccc([C@H](C)C(=O)O)cc1. The number of carbonyl (C=O) groups is 2. The Kier molecular flexibility index (Phi) is 9.08. The Bertz CT molecular complexity index is 507. The minimum atomic E-state index is -0.808. The summed E-state index contributed by atoms with van der Waals surface area (Å²) >= 11 is 0. The topological polar surface area (TPSA) is 75.6 Å². The molecule has 1 aromatic rings. The van der Waals surface area contributed by atoms with E-state index in [0.717, 1.165) is 30.7 Å². The van der Waals surface area contributed by atoms with E-state index in [2.05, 4.69) is 5.32 Å². The molecule has 1 saturated heterocycles. The smallest absolute Gasteiger partial charge is 0.310 e. The maximum Gasteiger partial charge on any atom is 0.310 e. The average molecular weight is 335 g/mol. The van der Waals surface area contributed by atoms with Gasteiger partial charge in [0.2, 0.25) is 0 Å². The molecule has 0 amide bonds. The highest BCUT2D eigenvalue weighted by molar-refractivity contribution is 5.81. The van der Waals surface area contributed by atoms with Gasteiger partial charge in [0.25, 0.3) is 0 Å². The fourth-order valence-electron chi connectivity index (χ4n) is 2.41. The Labute approximate surface area is 144 Å². The van der Waals surface area contributed by atoms with E-state index in [-0.39, 0.29) is 11.8 Å². The van der Waals surface area contributed by atoms with Gasteiger partial charge in [-0.1, -0.05) is 25.5 Å². The molecule has 0 aliphatic carbocycles. The number of carboxylic acids is 1. The molecule has 1 heterocycles. The number of nitrogens with one attached hydrogen (secondary N) is 1. The van der Waals surface area contributed by atoms with Crippen LogP contribution in [0.25, 0.3) is 0 Å². The lowest BCUT2D eigenvalue weighted by molar-refractivity contribution is -0.138. The van der Waals surface area contributed by atoms with Gasteiger partial charge in [0.05, 0.1) is 18.6 Å². The van der Waals surface area contributed by atoms with Gasteiger partial charge in [0.1, 0.15) is 11.5 Å². The Balaban J connectivity index is 0.000000272. The van der Waals surface area contributed by atoms with Crippen molar-refractivity contribution in [1.82, 2.24) is 5.32 Å². The molecule has 0 radical (unpaired) electrons. The van der Waals surface area contributed by atoms with Crippen LogP contribution in [-0.2, 0) is 9.59 Å². The van der Waals surface area contributed by atoms with Crippen molar-refractivity contribution < 1.29 is 19.4 Å². The van der Waals surface area contributed by atoms with E-state index in [1.807, 2.05) is 19.1 Å². The number of carbonyl (C=O) groups excluding carboxylic acids is 1. The highest BCUT2D eigenvalue weighted by Crippen LogP contribution is 2.19. The summed E-state index contributed by atoms with van der Waals surface area (Å²) in [6.07, 6.45) is 4.43. The molecule has 2 N–H and O–H groups in total. The molecule has 0 bridgehead atoms. The van der Waals surface area contributed by atoms with Gasteiger partial charge in [0, 0.05) is 0 Å². The van der Waals surface area contributed by atoms with Crippen LogP contribution < -0.4 is 10.1 Å². The number of hydrogen-bond donors (Lipinski definition) is 2. The quantitative estimate of drug-likeness (QED) is 0.833. The van der Waals surface area contributed by atoms with Crippen molar-refractivity contribution in [2.24, 2.45) is 0 Å². The number of benzene rings is 1. The molecule has 5 nitrogen and oxygen atoms in total. The average Bonchev–Trinajstić information content (AvgIpc) is 2.61. The van der Waals surface area contributed by atoms with Gasteiger partial charge in [-0.3, -0.25) is 9.59 Å². The summed E-state index contributed by atoms with van der Waals surface area (Å²) in [5.41, 5.74) is 0.798. The third-order valence-corrected chi connectivity index (χ3v) is 4.02. The predicted octanol–water partition coefficient (Wildman–Crippen LogP) is 3.38. The molecule has 2 rings (SSSR count). The van der Waals surface area contributed by atoms with E-state index in [0.29, 0.717) is 6.61 Å². The van der Waals surface area contributed by atoms with E-state index in [1.54, 1.807) is 26.0 Å². The fourth-order valence-corrected chi connectivity index (χ4v) is 2.41. The summed E-state index contributed by atoms with van der Waals surface area (Å²) in [5.74, 6) is -0.199. The van der Waals surface area contributed by atoms with E-state index in [9.17, 15) is 9.59 Å². The van der Waals surface area contributed by atoms with Crippen molar-refractivity contribution in [2.75, 3.05) is 13.2 Å². The summed E-state index contributed by atoms with van der Waals surface area (Å²) < 4.78 is 5.40. The second-order valence-corrected chi connectivity index (χ2v) is 6.09. The second-order valence-electron chi connectivity index (χ2n) is 6.09. The summed E-state index contributed by atoms with van der Waals surface area (Å²) in [7, 11) is 0. The third kappa shape index (κ3) is 7.13. The summed E-state index contributed by atoms with van der Waals surface area (Å²) in [4.78, 5) is 21.5. The monoisotopic (exact) mass is 335 g/mol. The highest BCUT2D eigenvalue weighted by Gasteiger charge is 2.15. The van der Waals surface area contributed by atoms with E-state index < -0.39 is 11.9 Å². The zero-order valence-corrected chi connectivity index (χ0v) is 14.9. The maximum atomic E-state index is 10.7. The molecule has 1 aliphatic heterocycles. The molecule has 0 saturated carbocycles. The van der Waals surface area contributed by atoms with Crippen molar-refractivity contribution >= 4 is 11.8 Å². The van der Waals surface area contributed by atoms with Crippen molar-refractivity contribution in [3.8, 4) is 5.75 Å². The molecular weight excluding hydrogens is 306 g/mol. The number of ketones is 1.